The number of carbonyl (C=O) groups is 1. The Bertz CT molecular complexity index is 1660. The molecule has 206 valence electrons. The molecule has 0 aliphatic rings. The number of aromatic carboxylic acids is 1. The van der Waals surface area contributed by atoms with Crippen LogP contribution in [0.5, 0.6) is 17.2 Å². The highest BCUT2D eigenvalue weighted by molar-refractivity contribution is 7.16. The molecule has 0 saturated heterocycles. The number of thiophene rings is 1. The molecule has 0 aliphatic carbocycles. The number of carboxylic acid groups (broad SMARTS) is 1. The van der Waals surface area contributed by atoms with E-state index in [0.717, 1.165) is 28.7 Å². The van der Waals surface area contributed by atoms with Crippen LogP contribution < -0.4 is 14.2 Å². The highest BCUT2D eigenvalue weighted by Crippen LogP contribution is 2.39. The van der Waals surface area contributed by atoms with Gasteiger partial charge in [0.25, 0.3) is 0 Å². The number of halogens is 3. The lowest BCUT2D eigenvalue weighted by Gasteiger charge is -2.19. The first-order chi connectivity index (χ1) is 19.1. The number of aromatic nitrogens is 2. The van der Waals surface area contributed by atoms with Gasteiger partial charge >= 0.3 is 12.1 Å². The van der Waals surface area contributed by atoms with E-state index in [4.69, 9.17) is 14.2 Å². The largest absolute Gasteiger partial charge is 0.497 e. The summed E-state index contributed by atoms with van der Waals surface area (Å²) in [5.74, 6) is 0.0308. The maximum absolute atomic E-state index is 13.5. The summed E-state index contributed by atoms with van der Waals surface area (Å²) in [6.45, 7) is 1.77. The molecule has 7 nitrogen and oxygen atoms in total. The monoisotopic (exact) mass is 568 g/mol. The zero-order valence-electron chi connectivity index (χ0n) is 21.3. The minimum absolute atomic E-state index is 0.0364. The Labute approximate surface area is 231 Å². The number of ether oxygens (including phenoxy) is 3. The van der Waals surface area contributed by atoms with Gasteiger partial charge in [0.1, 0.15) is 41.3 Å². The van der Waals surface area contributed by atoms with Crippen LogP contribution >= 0.6 is 11.3 Å². The smallest absolute Gasteiger partial charge is 0.416 e. The van der Waals surface area contributed by atoms with E-state index in [0.29, 0.717) is 28.4 Å². The van der Waals surface area contributed by atoms with Gasteiger partial charge in [-0.3, -0.25) is 4.57 Å². The molecule has 0 amide bonds. The molecule has 1 N–H and O–H groups in total. The lowest BCUT2D eigenvalue weighted by Crippen LogP contribution is -2.14. The van der Waals surface area contributed by atoms with Crippen LogP contribution in [0.1, 0.15) is 39.4 Å². The van der Waals surface area contributed by atoms with Crippen LogP contribution in [0.4, 0.5) is 13.2 Å². The van der Waals surface area contributed by atoms with Gasteiger partial charge in [0.2, 0.25) is 0 Å². The summed E-state index contributed by atoms with van der Waals surface area (Å²) in [7, 11) is 1.60. The van der Waals surface area contributed by atoms with E-state index in [2.05, 4.69) is 4.98 Å². The van der Waals surface area contributed by atoms with Crippen LogP contribution in [-0.2, 0) is 12.8 Å². The zero-order chi connectivity index (χ0) is 28.4. The van der Waals surface area contributed by atoms with Gasteiger partial charge in [-0.2, -0.15) is 13.2 Å². The molecule has 11 heteroatoms. The van der Waals surface area contributed by atoms with Crippen molar-refractivity contribution < 1.29 is 37.3 Å². The summed E-state index contributed by atoms with van der Waals surface area (Å²) >= 11 is 0.930. The summed E-state index contributed by atoms with van der Waals surface area (Å²) in [6, 6.07) is 19.4. The Kier molecular flexibility index (Phi) is 7.40. The summed E-state index contributed by atoms with van der Waals surface area (Å²) in [5, 5.41) is 10.3. The van der Waals surface area contributed by atoms with Crippen molar-refractivity contribution in [3.63, 3.8) is 0 Å². The first kappa shape index (κ1) is 27.1. The topological polar surface area (TPSA) is 82.8 Å². The summed E-state index contributed by atoms with van der Waals surface area (Å²) in [4.78, 5) is 16.3. The van der Waals surface area contributed by atoms with Crippen LogP contribution in [0.2, 0.25) is 0 Å². The lowest BCUT2D eigenvalue weighted by atomic mass is 10.0. The average Bonchev–Trinajstić information content (AvgIpc) is 3.55. The van der Waals surface area contributed by atoms with E-state index >= 15 is 0 Å². The molecule has 0 spiro atoms. The number of alkyl halides is 3. The normalized spacial score (nSPS) is 12.3. The van der Waals surface area contributed by atoms with Crippen LogP contribution in [-0.4, -0.2) is 27.7 Å². The van der Waals surface area contributed by atoms with Crippen LogP contribution in [0, 0.1) is 0 Å². The van der Waals surface area contributed by atoms with Gasteiger partial charge in [-0.15, -0.1) is 11.3 Å². The fourth-order valence-corrected chi connectivity index (χ4v) is 5.14. The molecule has 2 heterocycles. The van der Waals surface area contributed by atoms with Crippen molar-refractivity contribution in [3.8, 4) is 22.2 Å². The van der Waals surface area contributed by atoms with Crippen LogP contribution in [0.3, 0.4) is 0 Å². The molecule has 0 saturated carbocycles. The Morgan fingerprint density at radius 1 is 1.05 bits per heavy atom. The fraction of sp³-hybridized carbons (Fsp3) is 0.172. The molecule has 5 rings (SSSR count). The second-order valence-corrected chi connectivity index (χ2v) is 9.86. The average molecular weight is 569 g/mol. The summed E-state index contributed by atoms with van der Waals surface area (Å²) < 4.78 is 59.2. The number of carboxylic acids is 1. The van der Waals surface area contributed by atoms with Crippen molar-refractivity contribution in [2.24, 2.45) is 0 Å². The fourth-order valence-electron chi connectivity index (χ4n) is 4.22. The maximum Gasteiger partial charge on any atom is 0.416 e. The SMILES string of the molecule is COc1ccc(COc2ccc3ncn(-c4cc(O[C@H](C)c5ccccc5C(F)(F)F)c(C(=O)O)s4)c3c2)cc1. The van der Waals surface area contributed by atoms with E-state index in [1.807, 2.05) is 24.3 Å². The molecular weight excluding hydrogens is 545 g/mol. The Balaban J connectivity index is 1.42. The first-order valence-corrected chi connectivity index (χ1v) is 12.9. The van der Waals surface area contributed by atoms with Crippen molar-refractivity contribution in [2.75, 3.05) is 7.11 Å². The van der Waals surface area contributed by atoms with Crippen molar-refractivity contribution in [2.45, 2.75) is 25.8 Å². The highest BCUT2D eigenvalue weighted by Gasteiger charge is 2.35. The summed E-state index contributed by atoms with van der Waals surface area (Å²) in [6.07, 6.45) is -4.09. The molecule has 5 aromatic rings. The Morgan fingerprint density at radius 2 is 1.77 bits per heavy atom. The van der Waals surface area contributed by atoms with E-state index in [-0.39, 0.29) is 16.2 Å². The van der Waals surface area contributed by atoms with Gasteiger partial charge in [0.15, 0.2) is 4.88 Å². The van der Waals surface area contributed by atoms with Crippen molar-refractivity contribution >= 4 is 28.3 Å². The quantitative estimate of drug-likeness (QED) is 0.198. The van der Waals surface area contributed by atoms with Gasteiger partial charge in [-0.1, -0.05) is 30.3 Å². The maximum atomic E-state index is 13.5. The number of rotatable bonds is 9. The highest BCUT2D eigenvalue weighted by atomic mass is 32.1. The van der Waals surface area contributed by atoms with Gasteiger partial charge < -0.3 is 19.3 Å². The van der Waals surface area contributed by atoms with E-state index in [1.54, 1.807) is 36.2 Å². The predicted molar refractivity (Wildman–Crippen MR) is 144 cm³/mol. The number of nitrogens with zero attached hydrogens (tertiary/aromatic N) is 2. The van der Waals surface area contributed by atoms with E-state index < -0.39 is 23.8 Å². The molecule has 40 heavy (non-hydrogen) atoms. The molecular formula is C29H23F3N2O5S. The Hall–Kier alpha value is -4.51. The van der Waals surface area contributed by atoms with Crippen molar-refractivity contribution in [3.05, 3.63) is 101 Å². The number of hydrogen-bond acceptors (Lipinski definition) is 6. The third-order valence-electron chi connectivity index (χ3n) is 6.21. The molecule has 0 aliphatic heterocycles. The standard InChI is InChI=1S/C29H23F3N2O5S/c1-17(21-5-3-4-6-22(21)29(30,31)32)39-25-14-26(40-27(25)28(35)36)34-16-33-23-12-11-20(13-24(23)34)38-15-18-7-9-19(37-2)10-8-18/h3-14,16-17H,15H2,1-2H3,(H,35,36)/t17-/m1/s1. The zero-order valence-corrected chi connectivity index (χ0v) is 22.1. The molecule has 0 bridgehead atoms. The second kappa shape index (κ2) is 10.9. The van der Waals surface area contributed by atoms with E-state index in [1.165, 1.54) is 31.2 Å². The number of hydrogen-bond donors (Lipinski definition) is 1. The molecule has 2 aromatic heterocycles. The minimum Gasteiger partial charge on any atom is -0.497 e. The predicted octanol–water partition coefficient (Wildman–Crippen LogP) is 7.53. The minimum atomic E-state index is -4.58. The molecule has 1 atom stereocenters. The number of fused-ring (bicyclic) bond motifs is 1. The molecule has 0 radical (unpaired) electrons. The van der Waals surface area contributed by atoms with Gasteiger partial charge in [-0.05, 0) is 42.8 Å². The van der Waals surface area contributed by atoms with Crippen LogP contribution in [0.25, 0.3) is 16.0 Å². The van der Waals surface area contributed by atoms with Gasteiger partial charge in [0, 0.05) is 17.7 Å². The second-order valence-electron chi connectivity index (χ2n) is 8.83. The Morgan fingerprint density at radius 3 is 2.48 bits per heavy atom. The first-order valence-electron chi connectivity index (χ1n) is 12.1. The molecule has 0 fully saturated rings. The van der Waals surface area contributed by atoms with E-state index in [9.17, 15) is 23.1 Å². The number of methoxy groups -OCH3 is 1. The van der Waals surface area contributed by atoms with Gasteiger partial charge in [0.05, 0.1) is 23.7 Å². The third-order valence-corrected chi connectivity index (χ3v) is 7.31. The van der Waals surface area contributed by atoms with Crippen molar-refractivity contribution in [1.82, 2.24) is 9.55 Å². The number of benzene rings is 3. The lowest BCUT2D eigenvalue weighted by molar-refractivity contribution is -0.139. The number of imidazole rings is 1. The molecule has 3 aromatic carbocycles. The molecule has 0 unspecified atom stereocenters. The van der Waals surface area contributed by atoms with Gasteiger partial charge in [-0.25, -0.2) is 9.78 Å². The van der Waals surface area contributed by atoms with Crippen LogP contribution in [0.15, 0.2) is 79.1 Å². The summed E-state index contributed by atoms with van der Waals surface area (Å²) in [5.41, 5.74) is 1.33. The van der Waals surface area contributed by atoms with Crippen molar-refractivity contribution in [1.29, 1.82) is 0 Å². The third kappa shape index (κ3) is 5.59.